The Morgan fingerprint density at radius 1 is 1.31 bits per heavy atom. The van der Waals surface area contributed by atoms with Gasteiger partial charge in [-0.25, -0.2) is 8.78 Å². The van der Waals surface area contributed by atoms with Crippen molar-refractivity contribution in [1.29, 1.82) is 0 Å². The Kier molecular flexibility index (Phi) is 6.16. The highest BCUT2D eigenvalue weighted by atomic mass is 19.3. The maximum absolute atomic E-state index is 12.3. The number of unbranched alkanes of at least 4 members (excludes halogenated alkanes) is 3. The van der Waals surface area contributed by atoms with Crippen molar-refractivity contribution in [1.82, 2.24) is 0 Å². The Morgan fingerprint density at radius 3 is 2.38 bits per heavy atom. The first-order valence-corrected chi connectivity index (χ1v) is 4.66. The molecule has 0 aromatic carbocycles. The van der Waals surface area contributed by atoms with E-state index in [0.717, 1.165) is 25.7 Å². The smallest absolute Gasteiger partial charge is 0.295 e. The van der Waals surface area contributed by atoms with Crippen LogP contribution in [0.25, 0.3) is 0 Å². The molecule has 0 aliphatic rings. The van der Waals surface area contributed by atoms with Gasteiger partial charge in [0, 0.05) is 13.5 Å². The number of halogens is 2. The third kappa shape index (κ3) is 6.90. The Bertz CT molecular complexity index is 123. The molecule has 0 heterocycles. The largest absolute Gasteiger partial charge is 0.363 e. The molecule has 0 aromatic heterocycles. The number of rotatable bonds is 7. The average Bonchev–Trinajstić information content (AvgIpc) is 2.02. The highest BCUT2D eigenvalue weighted by Crippen LogP contribution is 2.18. The molecule has 0 saturated carbocycles. The van der Waals surface area contributed by atoms with Crippen LogP contribution in [0.2, 0.25) is 0 Å². The molecule has 1 atom stereocenters. The van der Waals surface area contributed by atoms with Crippen LogP contribution in [0.15, 0.2) is 0 Å². The van der Waals surface area contributed by atoms with Crippen molar-refractivity contribution in [2.45, 2.75) is 51.7 Å². The van der Waals surface area contributed by atoms with E-state index in [0.29, 0.717) is 6.92 Å². The van der Waals surface area contributed by atoms with Crippen molar-refractivity contribution < 1.29 is 18.6 Å². The molecule has 13 heavy (non-hydrogen) atoms. The van der Waals surface area contributed by atoms with Crippen LogP contribution in [0.5, 0.6) is 0 Å². The van der Waals surface area contributed by atoms with E-state index in [-0.39, 0.29) is 6.61 Å². The van der Waals surface area contributed by atoms with Crippen molar-refractivity contribution in [3.63, 3.8) is 0 Å². The highest BCUT2D eigenvalue weighted by Gasteiger charge is 2.32. The molecular formula is C9H18F2O2. The molecule has 0 spiro atoms. The normalized spacial score (nSPS) is 14.5. The SMILES string of the molecule is CCCCCCOC(O)C(C)(F)F. The van der Waals surface area contributed by atoms with Crippen LogP contribution in [0, 0.1) is 0 Å². The van der Waals surface area contributed by atoms with E-state index in [1.54, 1.807) is 0 Å². The Labute approximate surface area is 77.9 Å². The fraction of sp³-hybridized carbons (Fsp3) is 1.00. The minimum Gasteiger partial charge on any atom is -0.363 e. The predicted octanol–water partition coefficient (Wildman–Crippen LogP) is 2.56. The van der Waals surface area contributed by atoms with Gasteiger partial charge < -0.3 is 9.84 Å². The second-order valence-electron chi connectivity index (χ2n) is 3.24. The average molecular weight is 196 g/mol. The summed E-state index contributed by atoms with van der Waals surface area (Å²) in [7, 11) is 0. The lowest BCUT2D eigenvalue weighted by molar-refractivity contribution is -0.225. The lowest BCUT2D eigenvalue weighted by atomic mass is 10.2. The van der Waals surface area contributed by atoms with E-state index >= 15 is 0 Å². The highest BCUT2D eigenvalue weighted by molar-refractivity contribution is 4.60. The summed E-state index contributed by atoms with van der Waals surface area (Å²) in [6.45, 7) is 2.91. The molecule has 0 bridgehead atoms. The van der Waals surface area contributed by atoms with E-state index < -0.39 is 12.2 Å². The first kappa shape index (κ1) is 12.8. The lowest BCUT2D eigenvalue weighted by Crippen LogP contribution is -2.32. The monoisotopic (exact) mass is 196 g/mol. The van der Waals surface area contributed by atoms with Crippen LogP contribution in [-0.2, 0) is 4.74 Å². The van der Waals surface area contributed by atoms with Gasteiger partial charge in [0.1, 0.15) is 0 Å². The van der Waals surface area contributed by atoms with Gasteiger partial charge in [-0.05, 0) is 6.42 Å². The molecule has 0 aromatic rings. The molecule has 0 aliphatic heterocycles. The van der Waals surface area contributed by atoms with Gasteiger partial charge in [0.25, 0.3) is 5.92 Å². The van der Waals surface area contributed by atoms with Crippen LogP contribution < -0.4 is 0 Å². The summed E-state index contributed by atoms with van der Waals surface area (Å²) in [5.41, 5.74) is 0. The van der Waals surface area contributed by atoms with Gasteiger partial charge in [-0.3, -0.25) is 0 Å². The van der Waals surface area contributed by atoms with E-state index in [1.165, 1.54) is 0 Å². The summed E-state index contributed by atoms with van der Waals surface area (Å²) in [5.74, 6) is -3.16. The number of aliphatic hydroxyl groups excluding tert-OH is 1. The Morgan fingerprint density at radius 2 is 1.92 bits per heavy atom. The first-order valence-electron chi connectivity index (χ1n) is 4.66. The van der Waals surface area contributed by atoms with E-state index in [4.69, 9.17) is 5.11 Å². The van der Waals surface area contributed by atoms with E-state index in [9.17, 15) is 8.78 Å². The summed E-state index contributed by atoms with van der Waals surface area (Å²) in [6.07, 6.45) is 1.88. The van der Waals surface area contributed by atoms with Gasteiger partial charge >= 0.3 is 0 Å². The minimum atomic E-state index is -3.16. The van der Waals surface area contributed by atoms with E-state index in [2.05, 4.69) is 11.7 Å². The molecule has 0 fully saturated rings. The van der Waals surface area contributed by atoms with Crippen molar-refractivity contribution >= 4 is 0 Å². The van der Waals surface area contributed by atoms with Gasteiger partial charge in [-0.15, -0.1) is 0 Å². The summed E-state index contributed by atoms with van der Waals surface area (Å²) in [5, 5.41) is 8.77. The van der Waals surface area contributed by atoms with Crippen LogP contribution in [0.3, 0.4) is 0 Å². The summed E-state index contributed by atoms with van der Waals surface area (Å²) in [4.78, 5) is 0. The molecule has 1 N–H and O–H groups in total. The van der Waals surface area contributed by atoms with Crippen molar-refractivity contribution in [2.24, 2.45) is 0 Å². The number of aliphatic hydroxyl groups is 1. The zero-order valence-corrected chi connectivity index (χ0v) is 8.22. The fourth-order valence-corrected chi connectivity index (χ4v) is 0.870. The second kappa shape index (κ2) is 6.27. The van der Waals surface area contributed by atoms with Crippen LogP contribution in [0.1, 0.15) is 39.5 Å². The molecule has 0 saturated heterocycles. The maximum atomic E-state index is 12.3. The maximum Gasteiger partial charge on any atom is 0.295 e. The molecule has 0 aliphatic carbocycles. The van der Waals surface area contributed by atoms with Crippen LogP contribution >= 0.6 is 0 Å². The third-order valence-electron chi connectivity index (χ3n) is 1.71. The molecule has 1 unspecified atom stereocenters. The summed E-state index contributed by atoms with van der Waals surface area (Å²) in [6, 6.07) is 0. The topological polar surface area (TPSA) is 29.5 Å². The number of ether oxygens (including phenoxy) is 1. The third-order valence-corrected chi connectivity index (χ3v) is 1.71. The molecule has 4 heteroatoms. The first-order chi connectivity index (χ1) is 5.98. The van der Waals surface area contributed by atoms with Crippen molar-refractivity contribution in [3.8, 4) is 0 Å². The number of alkyl halides is 2. The standard InChI is InChI=1S/C9H18F2O2/c1-3-4-5-6-7-13-8(12)9(2,10)11/h8,12H,3-7H2,1-2H3. The second-order valence-corrected chi connectivity index (χ2v) is 3.24. The Balaban J connectivity index is 3.32. The molecule has 0 amide bonds. The van der Waals surface area contributed by atoms with Crippen molar-refractivity contribution in [3.05, 3.63) is 0 Å². The van der Waals surface area contributed by atoms with Gasteiger partial charge in [0.05, 0.1) is 0 Å². The van der Waals surface area contributed by atoms with Gasteiger partial charge in [-0.2, -0.15) is 0 Å². The lowest BCUT2D eigenvalue weighted by Gasteiger charge is -2.18. The molecule has 80 valence electrons. The van der Waals surface area contributed by atoms with Gasteiger partial charge in [-0.1, -0.05) is 26.2 Å². The van der Waals surface area contributed by atoms with Gasteiger partial charge in [0.2, 0.25) is 6.29 Å². The minimum absolute atomic E-state index is 0.199. The number of hydrogen-bond donors (Lipinski definition) is 1. The quantitative estimate of drug-likeness (QED) is 0.501. The zero-order valence-electron chi connectivity index (χ0n) is 8.22. The Hall–Kier alpha value is -0.220. The zero-order chi connectivity index (χ0) is 10.3. The molecule has 2 nitrogen and oxygen atoms in total. The van der Waals surface area contributed by atoms with E-state index in [1.807, 2.05) is 0 Å². The fourth-order valence-electron chi connectivity index (χ4n) is 0.870. The van der Waals surface area contributed by atoms with Gasteiger partial charge in [0.15, 0.2) is 0 Å². The predicted molar refractivity (Wildman–Crippen MR) is 46.7 cm³/mol. The van der Waals surface area contributed by atoms with Crippen LogP contribution in [-0.4, -0.2) is 23.9 Å². The molecule has 0 rings (SSSR count). The summed E-state index contributed by atoms with van der Waals surface area (Å²) >= 11 is 0. The molecular weight excluding hydrogens is 178 g/mol. The molecule has 0 radical (unpaired) electrons. The number of hydrogen-bond acceptors (Lipinski definition) is 2. The van der Waals surface area contributed by atoms with Crippen molar-refractivity contribution in [2.75, 3.05) is 6.61 Å². The summed E-state index contributed by atoms with van der Waals surface area (Å²) < 4.78 is 29.2. The van der Waals surface area contributed by atoms with Crippen LogP contribution in [0.4, 0.5) is 8.78 Å².